The first-order valence-corrected chi connectivity index (χ1v) is 15.4. The summed E-state index contributed by atoms with van der Waals surface area (Å²) in [6.45, 7) is 10.3. The van der Waals surface area contributed by atoms with Gasteiger partial charge in [-0.2, -0.15) is 0 Å². The van der Waals surface area contributed by atoms with Crippen LogP contribution in [-0.4, -0.2) is 79.5 Å². The Balaban J connectivity index is 0. The number of aliphatic hydroxyl groups is 1. The largest absolute Gasteiger partial charge is 0.475 e. The van der Waals surface area contributed by atoms with Crippen LogP contribution in [0.4, 0.5) is 0 Å². The van der Waals surface area contributed by atoms with Crippen LogP contribution in [0.3, 0.4) is 0 Å². The fourth-order valence-electron chi connectivity index (χ4n) is 2.28. The normalized spacial score (nSPS) is 9.70. The summed E-state index contributed by atoms with van der Waals surface area (Å²) >= 11 is 39.4. The summed E-state index contributed by atoms with van der Waals surface area (Å²) in [5, 5.41) is 10.6. The second kappa shape index (κ2) is 29.3. The van der Waals surface area contributed by atoms with E-state index in [0.29, 0.717) is 90.0 Å². The van der Waals surface area contributed by atoms with Gasteiger partial charge in [-0.15, -0.1) is 0 Å². The average molecular weight is 761 g/mol. The Morgan fingerprint density at radius 2 is 1.00 bits per heavy atom. The van der Waals surface area contributed by atoms with Crippen LogP contribution in [0.15, 0.2) is 36.4 Å². The van der Waals surface area contributed by atoms with Crippen molar-refractivity contribution in [3.63, 3.8) is 0 Å². The summed E-state index contributed by atoms with van der Waals surface area (Å²) in [6.07, 6.45) is 0. The van der Waals surface area contributed by atoms with Gasteiger partial charge in [-0.25, -0.2) is 15.0 Å². The molecule has 3 aromatic heterocycles. The first kappa shape index (κ1) is 45.0. The number of aromatic nitrogens is 3. The topological polar surface area (TPSA) is 105 Å². The molecule has 9 nitrogen and oxygen atoms in total. The highest BCUT2D eigenvalue weighted by Crippen LogP contribution is 2.24. The molecule has 0 atom stereocenters. The van der Waals surface area contributed by atoms with Crippen molar-refractivity contribution in [2.24, 2.45) is 0 Å². The molecule has 0 saturated heterocycles. The van der Waals surface area contributed by atoms with Gasteiger partial charge in [0.05, 0.1) is 36.5 Å². The first-order chi connectivity index (χ1) is 20.6. The number of hydrogen-bond acceptors (Lipinski definition) is 9. The molecular formula is C28H38Cl7N3O6. The zero-order valence-electron chi connectivity index (χ0n) is 23.8. The molecular weight excluding hydrogens is 722 g/mol. The van der Waals surface area contributed by atoms with Crippen molar-refractivity contribution in [2.75, 3.05) is 59.5 Å². The Morgan fingerprint density at radius 3 is 1.45 bits per heavy atom. The van der Waals surface area contributed by atoms with E-state index in [2.05, 4.69) is 15.0 Å². The lowest BCUT2D eigenvalue weighted by atomic mass is 10.5. The minimum absolute atomic E-state index is 0. The van der Waals surface area contributed by atoms with Crippen molar-refractivity contribution in [1.82, 2.24) is 15.0 Å². The fraction of sp³-hybridized carbons (Fsp3) is 0.464. The Labute approximate surface area is 294 Å². The molecule has 0 fully saturated rings. The molecule has 0 aliphatic rings. The second-order valence-corrected chi connectivity index (χ2v) is 9.97. The zero-order valence-corrected chi connectivity index (χ0v) is 29.1. The van der Waals surface area contributed by atoms with Crippen molar-refractivity contribution >= 4 is 81.2 Å². The van der Waals surface area contributed by atoms with E-state index in [0.717, 1.165) is 0 Å². The minimum atomic E-state index is 0. The highest BCUT2D eigenvalue weighted by molar-refractivity contribution is 6.42. The Morgan fingerprint density at radius 1 is 0.545 bits per heavy atom. The summed E-state index contributed by atoms with van der Waals surface area (Å²) < 4.78 is 25.5. The van der Waals surface area contributed by atoms with Crippen LogP contribution in [0.5, 0.6) is 11.8 Å². The molecule has 3 heterocycles. The maximum Gasteiger partial charge on any atom is 0.234 e. The molecule has 0 saturated carbocycles. The number of rotatable bonds is 13. The maximum absolute atomic E-state index is 8.07. The van der Waals surface area contributed by atoms with Gasteiger partial charge in [-0.1, -0.05) is 88.6 Å². The molecule has 0 aromatic carbocycles. The number of aliphatic hydroxyl groups excluding tert-OH is 1. The van der Waals surface area contributed by atoms with Gasteiger partial charge in [0.1, 0.15) is 33.7 Å². The SMILES string of the molecule is C.CCOCCO.CCOCCOc1ccc(Cl)c(Cl)n1.CCOCCOc1nc(Cl)ccc1Cl.Clc1ccc(Cl)c(Cl)n1. The van der Waals surface area contributed by atoms with Gasteiger partial charge in [0, 0.05) is 25.9 Å². The highest BCUT2D eigenvalue weighted by Gasteiger charge is 2.04. The molecule has 3 aromatic rings. The number of hydrogen-bond donors (Lipinski definition) is 1. The first-order valence-electron chi connectivity index (χ1n) is 12.8. The van der Waals surface area contributed by atoms with E-state index in [9.17, 15) is 0 Å². The lowest BCUT2D eigenvalue weighted by molar-refractivity contribution is 0.102. The molecule has 16 heteroatoms. The van der Waals surface area contributed by atoms with Crippen molar-refractivity contribution in [3.8, 4) is 11.8 Å². The molecule has 0 aliphatic heterocycles. The molecule has 0 amide bonds. The maximum atomic E-state index is 8.07. The van der Waals surface area contributed by atoms with E-state index >= 15 is 0 Å². The third-order valence-electron chi connectivity index (χ3n) is 4.12. The lowest BCUT2D eigenvalue weighted by Crippen LogP contribution is -2.07. The quantitative estimate of drug-likeness (QED) is 0.135. The molecule has 0 unspecified atom stereocenters. The van der Waals surface area contributed by atoms with Crippen LogP contribution in [0.1, 0.15) is 28.2 Å². The van der Waals surface area contributed by atoms with Crippen LogP contribution in [0, 0.1) is 0 Å². The van der Waals surface area contributed by atoms with Crippen LogP contribution in [0.2, 0.25) is 35.7 Å². The number of pyridine rings is 3. The van der Waals surface area contributed by atoms with E-state index in [-0.39, 0.29) is 24.3 Å². The standard InChI is InChI=1S/2C9H11Cl2NO2.C5H2Cl3N.C4H10O2.CH4/c1-2-13-5-6-14-8-4-3-7(10)9(11)12-8;1-2-13-5-6-14-9-7(10)3-4-8(11)12-9;6-3-1-2-4(7)9-5(3)8;1-2-6-4-3-5;/h2*3-4H,2,5-6H2,1H3;1-2H;5H,2-4H2,1H3;1H4. The number of ether oxygens (including phenoxy) is 5. The average Bonchev–Trinajstić information content (AvgIpc) is 2.99. The van der Waals surface area contributed by atoms with E-state index in [1.807, 2.05) is 20.8 Å². The van der Waals surface area contributed by atoms with Crippen LogP contribution >= 0.6 is 81.2 Å². The zero-order chi connectivity index (χ0) is 32.5. The molecule has 250 valence electrons. The smallest absolute Gasteiger partial charge is 0.234 e. The number of halogens is 7. The van der Waals surface area contributed by atoms with Crippen molar-refractivity contribution < 1.29 is 28.8 Å². The summed E-state index contributed by atoms with van der Waals surface area (Å²) in [5.74, 6) is 0.804. The summed E-state index contributed by atoms with van der Waals surface area (Å²) in [4.78, 5) is 11.5. The predicted octanol–water partition coefficient (Wildman–Crippen LogP) is 9.30. The van der Waals surface area contributed by atoms with Crippen LogP contribution in [-0.2, 0) is 14.2 Å². The van der Waals surface area contributed by atoms with Crippen molar-refractivity contribution in [2.45, 2.75) is 28.2 Å². The molecule has 44 heavy (non-hydrogen) atoms. The van der Waals surface area contributed by atoms with E-state index in [1.54, 1.807) is 36.4 Å². The minimum Gasteiger partial charge on any atom is -0.475 e. The van der Waals surface area contributed by atoms with Gasteiger partial charge < -0.3 is 28.8 Å². The van der Waals surface area contributed by atoms with Crippen LogP contribution in [0.25, 0.3) is 0 Å². The van der Waals surface area contributed by atoms with Gasteiger partial charge in [0.25, 0.3) is 0 Å². The Bertz CT molecular complexity index is 1150. The second-order valence-electron chi connectivity index (χ2n) is 7.26. The monoisotopic (exact) mass is 757 g/mol. The summed E-state index contributed by atoms with van der Waals surface area (Å²) in [6, 6.07) is 9.74. The summed E-state index contributed by atoms with van der Waals surface area (Å²) in [5.41, 5.74) is 0. The van der Waals surface area contributed by atoms with Gasteiger partial charge in [0.15, 0.2) is 5.15 Å². The van der Waals surface area contributed by atoms with E-state index < -0.39 is 0 Å². The van der Waals surface area contributed by atoms with Gasteiger partial charge >= 0.3 is 0 Å². The molecule has 0 radical (unpaired) electrons. The highest BCUT2D eigenvalue weighted by atomic mass is 35.5. The van der Waals surface area contributed by atoms with Gasteiger partial charge in [-0.05, 0) is 51.1 Å². The van der Waals surface area contributed by atoms with Gasteiger partial charge in [0.2, 0.25) is 11.8 Å². The Kier molecular flexibility index (Phi) is 30.0. The van der Waals surface area contributed by atoms with E-state index in [4.69, 9.17) is 110 Å². The lowest BCUT2D eigenvalue weighted by Gasteiger charge is -2.06. The number of nitrogens with zero attached hydrogens (tertiary/aromatic N) is 3. The fourth-order valence-corrected chi connectivity index (χ4v) is 3.28. The van der Waals surface area contributed by atoms with Crippen molar-refractivity contribution in [1.29, 1.82) is 0 Å². The van der Waals surface area contributed by atoms with Crippen molar-refractivity contribution in [3.05, 3.63) is 72.1 Å². The molecule has 3 rings (SSSR count). The molecule has 1 N–H and O–H groups in total. The summed E-state index contributed by atoms with van der Waals surface area (Å²) in [7, 11) is 0. The molecule has 0 spiro atoms. The molecule has 0 bridgehead atoms. The van der Waals surface area contributed by atoms with Crippen LogP contribution < -0.4 is 9.47 Å². The van der Waals surface area contributed by atoms with E-state index in [1.165, 1.54) is 0 Å². The Hall–Kier alpha value is -1.08. The van der Waals surface area contributed by atoms with Gasteiger partial charge in [-0.3, -0.25) is 0 Å². The predicted molar refractivity (Wildman–Crippen MR) is 182 cm³/mol. The third-order valence-corrected chi connectivity index (χ3v) is 6.21. The molecule has 0 aliphatic carbocycles. The third kappa shape index (κ3) is 23.3.